The van der Waals surface area contributed by atoms with E-state index < -0.39 is 0 Å². The third-order valence-corrected chi connectivity index (χ3v) is 3.72. The Bertz CT molecular complexity index is 783. The molecule has 0 saturated heterocycles. The molecule has 0 spiro atoms. The molecule has 1 aromatic carbocycles. The number of nitrogens with two attached hydrogens (primary N) is 1. The van der Waals surface area contributed by atoms with Crippen molar-refractivity contribution >= 4 is 5.82 Å². The molecule has 0 atom stereocenters. The summed E-state index contributed by atoms with van der Waals surface area (Å²) in [6.07, 6.45) is 6.19. The van der Waals surface area contributed by atoms with E-state index in [2.05, 4.69) is 16.9 Å². The van der Waals surface area contributed by atoms with E-state index in [1.807, 2.05) is 30.5 Å². The smallest absolute Gasteiger partial charge is 0.131 e. The molecule has 22 heavy (non-hydrogen) atoms. The second kappa shape index (κ2) is 5.85. The zero-order chi connectivity index (χ0) is 15.5. The molecule has 2 aromatic heterocycles. The lowest BCUT2D eigenvalue weighted by atomic mass is 9.92. The summed E-state index contributed by atoms with van der Waals surface area (Å²) in [5.74, 6) is 0.735. The summed E-state index contributed by atoms with van der Waals surface area (Å²) >= 11 is 0. The van der Waals surface area contributed by atoms with Crippen molar-refractivity contribution in [2.75, 3.05) is 5.73 Å². The van der Waals surface area contributed by atoms with E-state index in [0.717, 1.165) is 34.2 Å². The first-order chi connectivity index (χ1) is 10.7. The second-order valence-corrected chi connectivity index (χ2v) is 5.05. The monoisotopic (exact) mass is 291 g/mol. The fourth-order valence-electron chi connectivity index (χ4n) is 2.66. The minimum atomic E-state index is 0.235. The number of hydrogen-bond donors (Lipinski definition) is 2. The maximum atomic E-state index is 9.48. The highest BCUT2D eigenvalue weighted by atomic mass is 16.3. The highest BCUT2D eigenvalue weighted by Gasteiger charge is 2.15. The van der Waals surface area contributed by atoms with Crippen LogP contribution in [0.4, 0.5) is 5.82 Å². The Hall–Kier alpha value is -2.88. The average molecular weight is 291 g/mol. The zero-order valence-electron chi connectivity index (χ0n) is 12.3. The maximum Gasteiger partial charge on any atom is 0.131 e. The van der Waals surface area contributed by atoms with Gasteiger partial charge in [0.25, 0.3) is 0 Å². The predicted octanol–water partition coefficient (Wildman–Crippen LogP) is 3.66. The van der Waals surface area contributed by atoms with Crippen molar-refractivity contribution < 1.29 is 5.11 Å². The quantitative estimate of drug-likeness (QED) is 0.772. The van der Waals surface area contributed by atoms with Gasteiger partial charge in [0.1, 0.15) is 11.6 Å². The van der Waals surface area contributed by atoms with E-state index in [4.69, 9.17) is 5.73 Å². The number of anilines is 1. The van der Waals surface area contributed by atoms with Gasteiger partial charge in [0.2, 0.25) is 0 Å². The van der Waals surface area contributed by atoms with Gasteiger partial charge in [-0.25, -0.2) is 4.98 Å². The molecule has 0 amide bonds. The number of nitrogen functional groups attached to an aromatic ring is 1. The fraction of sp³-hybridized carbons (Fsp3) is 0.111. The molecule has 3 N–H and O–H groups in total. The number of benzene rings is 1. The number of rotatable bonds is 3. The van der Waals surface area contributed by atoms with Crippen LogP contribution in [0.2, 0.25) is 0 Å². The van der Waals surface area contributed by atoms with Crippen LogP contribution in [0.5, 0.6) is 5.75 Å². The Morgan fingerprint density at radius 2 is 1.68 bits per heavy atom. The average Bonchev–Trinajstić information content (AvgIpc) is 2.56. The molecule has 110 valence electrons. The van der Waals surface area contributed by atoms with Crippen LogP contribution in [0.15, 0.2) is 55.0 Å². The largest absolute Gasteiger partial charge is 0.508 e. The zero-order valence-corrected chi connectivity index (χ0v) is 12.3. The Morgan fingerprint density at radius 3 is 2.32 bits per heavy atom. The van der Waals surface area contributed by atoms with Crippen molar-refractivity contribution in [1.82, 2.24) is 9.97 Å². The van der Waals surface area contributed by atoms with E-state index in [9.17, 15) is 5.11 Å². The van der Waals surface area contributed by atoms with Gasteiger partial charge in [0, 0.05) is 29.7 Å². The molecule has 0 aliphatic carbocycles. The molecule has 0 saturated carbocycles. The SMILES string of the molecule is CCc1c(-c2ccncc2)cnc(N)c1-c1ccc(O)cc1. The number of aromatic nitrogens is 2. The predicted molar refractivity (Wildman–Crippen MR) is 88.4 cm³/mol. The third-order valence-electron chi connectivity index (χ3n) is 3.72. The van der Waals surface area contributed by atoms with E-state index >= 15 is 0 Å². The van der Waals surface area contributed by atoms with E-state index in [1.165, 1.54) is 0 Å². The molecule has 0 bridgehead atoms. The normalized spacial score (nSPS) is 10.6. The number of hydrogen-bond acceptors (Lipinski definition) is 4. The van der Waals surface area contributed by atoms with Crippen LogP contribution in [-0.4, -0.2) is 15.1 Å². The van der Waals surface area contributed by atoms with Crippen molar-refractivity contribution in [2.45, 2.75) is 13.3 Å². The Labute approximate surface area is 129 Å². The number of phenols is 1. The molecule has 0 fully saturated rings. The van der Waals surface area contributed by atoms with Gasteiger partial charge in [-0.05, 0) is 47.4 Å². The summed E-state index contributed by atoms with van der Waals surface area (Å²) in [7, 11) is 0. The molecule has 2 heterocycles. The second-order valence-electron chi connectivity index (χ2n) is 5.05. The molecular weight excluding hydrogens is 274 g/mol. The van der Waals surface area contributed by atoms with E-state index in [1.54, 1.807) is 24.5 Å². The van der Waals surface area contributed by atoms with Crippen LogP contribution in [0.1, 0.15) is 12.5 Å². The van der Waals surface area contributed by atoms with Crippen molar-refractivity contribution in [1.29, 1.82) is 0 Å². The maximum absolute atomic E-state index is 9.48. The van der Waals surface area contributed by atoms with Gasteiger partial charge in [-0.3, -0.25) is 4.98 Å². The van der Waals surface area contributed by atoms with Crippen LogP contribution >= 0.6 is 0 Å². The lowest BCUT2D eigenvalue weighted by Crippen LogP contribution is -2.01. The van der Waals surface area contributed by atoms with Crippen molar-refractivity contribution in [2.24, 2.45) is 0 Å². The molecule has 0 radical (unpaired) electrons. The van der Waals surface area contributed by atoms with Gasteiger partial charge in [-0.1, -0.05) is 19.1 Å². The molecule has 0 aliphatic rings. The molecule has 0 unspecified atom stereocenters. The van der Waals surface area contributed by atoms with Gasteiger partial charge in [-0.2, -0.15) is 0 Å². The van der Waals surface area contributed by atoms with Crippen LogP contribution < -0.4 is 5.73 Å². The summed E-state index contributed by atoms with van der Waals surface area (Å²) in [6, 6.07) is 11.0. The van der Waals surface area contributed by atoms with Gasteiger partial charge in [-0.15, -0.1) is 0 Å². The first-order valence-corrected chi connectivity index (χ1v) is 7.18. The van der Waals surface area contributed by atoms with Crippen LogP contribution in [0, 0.1) is 0 Å². The van der Waals surface area contributed by atoms with Gasteiger partial charge < -0.3 is 10.8 Å². The Morgan fingerprint density at radius 1 is 1.00 bits per heavy atom. The Kier molecular flexibility index (Phi) is 3.74. The standard InChI is InChI=1S/C18H17N3O/c1-2-15-16(12-7-9-20-10-8-12)11-21-18(19)17(15)13-3-5-14(22)6-4-13/h3-11,22H,2H2,1H3,(H2,19,21). The Balaban J connectivity index is 2.24. The lowest BCUT2D eigenvalue weighted by molar-refractivity contribution is 0.475. The summed E-state index contributed by atoms with van der Waals surface area (Å²) in [4.78, 5) is 8.42. The van der Waals surface area contributed by atoms with Crippen molar-refractivity contribution in [3.63, 3.8) is 0 Å². The van der Waals surface area contributed by atoms with Crippen LogP contribution in [0.3, 0.4) is 0 Å². The molecule has 3 aromatic rings. The highest BCUT2D eigenvalue weighted by molar-refractivity contribution is 5.84. The topological polar surface area (TPSA) is 72.0 Å². The summed E-state index contributed by atoms with van der Waals surface area (Å²) < 4.78 is 0. The highest BCUT2D eigenvalue weighted by Crippen LogP contribution is 2.35. The van der Waals surface area contributed by atoms with E-state index in [-0.39, 0.29) is 5.75 Å². The number of nitrogens with zero attached hydrogens (tertiary/aromatic N) is 2. The van der Waals surface area contributed by atoms with Crippen LogP contribution in [0.25, 0.3) is 22.3 Å². The van der Waals surface area contributed by atoms with Gasteiger partial charge in [0.15, 0.2) is 0 Å². The first-order valence-electron chi connectivity index (χ1n) is 7.18. The molecule has 3 rings (SSSR count). The van der Waals surface area contributed by atoms with Crippen LogP contribution in [-0.2, 0) is 6.42 Å². The van der Waals surface area contributed by atoms with Crippen molar-refractivity contribution in [3.8, 4) is 28.0 Å². The van der Waals surface area contributed by atoms with Gasteiger partial charge in [0.05, 0.1) is 0 Å². The molecule has 4 heteroatoms. The number of phenolic OH excluding ortho intramolecular Hbond substituents is 1. The summed E-state index contributed by atoms with van der Waals surface area (Å²) in [5, 5.41) is 9.48. The third kappa shape index (κ3) is 2.51. The first kappa shape index (κ1) is 14.1. The van der Waals surface area contributed by atoms with Gasteiger partial charge >= 0.3 is 0 Å². The lowest BCUT2D eigenvalue weighted by Gasteiger charge is -2.15. The number of aromatic hydroxyl groups is 1. The molecular formula is C18H17N3O. The molecule has 0 aliphatic heterocycles. The van der Waals surface area contributed by atoms with E-state index in [0.29, 0.717) is 5.82 Å². The fourth-order valence-corrected chi connectivity index (χ4v) is 2.66. The summed E-state index contributed by atoms with van der Waals surface area (Å²) in [6.45, 7) is 2.10. The minimum absolute atomic E-state index is 0.235. The molecule has 4 nitrogen and oxygen atoms in total. The van der Waals surface area contributed by atoms with Crippen molar-refractivity contribution in [3.05, 3.63) is 60.6 Å². The summed E-state index contributed by atoms with van der Waals surface area (Å²) in [5.41, 5.74) is 11.3. The minimum Gasteiger partial charge on any atom is -0.508 e. The number of pyridine rings is 2.